The summed E-state index contributed by atoms with van der Waals surface area (Å²) in [5, 5.41) is 6.37. The van der Waals surface area contributed by atoms with Crippen LogP contribution in [-0.4, -0.2) is 80.3 Å². The number of rotatable bonds is 7. The van der Waals surface area contributed by atoms with Gasteiger partial charge < -0.3 is 23.8 Å². The zero-order chi connectivity index (χ0) is 33.1. The Hall–Kier alpha value is -3.35. The number of aromatic nitrogens is 5. The molecule has 0 aliphatic carbocycles. The number of halogens is 1. The Kier molecular flexibility index (Phi) is 8.52. The summed E-state index contributed by atoms with van der Waals surface area (Å²) in [4.78, 5) is 36.7. The lowest BCUT2D eigenvalue weighted by Gasteiger charge is -2.31. The minimum Gasteiger partial charge on any atom is -0.444 e. The third-order valence-corrected chi connectivity index (χ3v) is 11.1. The normalized spacial score (nSPS) is 19.0. The van der Waals surface area contributed by atoms with Crippen LogP contribution in [0, 0.1) is 0 Å². The Labute approximate surface area is 276 Å². The van der Waals surface area contributed by atoms with Gasteiger partial charge in [0.15, 0.2) is 5.65 Å². The predicted molar refractivity (Wildman–Crippen MR) is 186 cm³/mol. The van der Waals surface area contributed by atoms with Gasteiger partial charge in [0, 0.05) is 82.9 Å². The summed E-state index contributed by atoms with van der Waals surface area (Å²) in [5.41, 5.74) is 2.11. The molecule has 2 aliphatic rings. The number of amides is 1. The van der Waals surface area contributed by atoms with Crippen LogP contribution in [0.4, 0.5) is 10.7 Å². The van der Waals surface area contributed by atoms with Gasteiger partial charge in [-0.15, -0.1) is 0 Å². The molecule has 0 spiro atoms. The smallest absolute Gasteiger partial charge is 0.410 e. The highest BCUT2D eigenvalue weighted by atomic mass is 35.5. The standard InChI is InChI=1S/C33H46ClN7O4Si/c1-33(2,3)45-32(43)39-14-13-21-9-10-22(17-39)41(21)31-35-29-27(30(42)38(31)5)24(19-40(29)20-44-15-16-46(6,7)8)23-11-12-26-25(28(23)34)18-37(4)36-26/h11-12,18-19,21-22H,9-10,13-17,20H2,1-8H3/t21-,22+/m0/s1. The topological polar surface area (TPSA) is 99.6 Å². The van der Waals surface area contributed by atoms with Crippen LogP contribution in [0.25, 0.3) is 33.1 Å². The number of hydrogen-bond donors (Lipinski definition) is 0. The third kappa shape index (κ3) is 6.31. The SMILES string of the molecule is Cn1cc2c(Cl)c(-c3cn(COCC[Si](C)(C)C)c4nc(N5[C@H]6CC[C@@H]5CN(C(=O)OC(C)(C)C)CC6)n(C)c(=O)c34)ccc2n1. The first-order valence-electron chi connectivity index (χ1n) is 16.2. The van der Waals surface area contributed by atoms with Gasteiger partial charge in [-0.3, -0.25) is 14.0 Å². The highest BCUT2D eigenvalue weighted by Gasteiger charge is 2.41. The maximum Gasteiger partial charge on any atom is 0.410 e. The van der Waals surface area contributed by atoms with E-state index in [0.29, 0.717) is 47.3 Å². The first-order valence-corrected chi connectivity index (χ1v) is 20.3. The zero-order valence-electron chi connectivity index (χ0n) is 28.3. The number of fused-ring (bicyclic) bond motifs is 4. The van der Waals surface area contributed by atoms with Gasteiger partial charge in [0.2, 0.25) is 5.95 Å². The van der Waals surface area contributed by atoms with Crippen LogP contribution in [0.2, 0.25) is 30.7 Å². The van der Waals surface area contributed by atoms with Crippen molar-refractivity contribution in [3.63, 3.8) is 0 Å². The summed E-state index contributed by atoms with van der Waals surface area (Å²) in [6.07, 6.45) is 6.20. The fourth-order valence-electron chi connectivity index (χ4n) is 6.66. The minimum atomic E-state index is -1.29. The van der Waals surface area contributed by atoms with Crippen LogP contribution < -0.4 is 10.5 Å². The van der Waals surface area contributed by atoms with Crippen molar-refractivity contribution >= 4 is 53.7 Å². The molecule has 0 unspecified atom stereocenters. The maximum absolute atomic E-state index is 14.4. The molecular formula is C33H46ClN7O4Si. The van der Waals surface area contributed by atoms with Crippen molar-refractivity contribution in [1.29, 1.82) is 0 Å². The molecule has 1 amide bonds. The molecule has 1 aromatic carbocycles. The molecule has 4 aromatic rings. The first kappa shape index (κ1) is 32.6. The molecule has 3 aromatic heterocycles. The van der Waals surface area contributed by atoms with Crippen molar-refractivity contribution in [3.8, 4) is 11.1 Å². The van der Waals surface area contributed by atoms with Crippen LogP contribution in [-0.2, 0) is 30.3 Å². The van der Waals surface area contributed by atoms with E-state index in [9.17, 15) is 9.59 Å². The Bertz CT molecular complexity index is 1850. The van der Waals surface area contributed by atoms with E-state index in [1.807, 2.05) is 61.8 Å². The van der Waals surface area contributed by atoms with E-state index in [2.05, 4.69) is 29.6 Å². The number of anilines is 1. The molecule has 248 valence electrons. The lowest BCUT2D eigenvalue weighted by Crippen LogP contribution is -2.44. The molecule has 2 saturated heterocycles. The van der Waals surface area contributed by atoms with E-state index in [1.165, 1.54) is 0 Å². The second kappa shape index (κ2) is 12.0. The quantitative estimate of drug-likeness (QED) is 0.170. The van der Waals surface area contributed by atoms with E-state index in [4.69, 9.17) is 26.1 Å². The molecule has 2 atom stereocenters. The van der Waals surface area contributed by atoms with Crippen LogP contribution >= 0.6 is 11.6 Å². The lowest BCUT2D eigenvalue weighted by molar-refractivity contribution is 0.0243. The zero-order valence-corrected chi connectivity index (χ0v) is 30.0. The Balaban J connectivity index is 1.43. The molecule has 2 fully saturated rings. The molecule has 46 heavy (non-hydrogen) atoms. The summed E-state index contributed by atoms with van der Waals surface area (Å²) in [5.74, 6) is 0.609. The molecule has 6 rings (SSSR count). The fourth-order valence-corrected chi connectivity index (χ4v) is 7.73. The molecular weight excluding hydrogens is 622 g/mol. The van der Waals surface area contributed by atoms with Gasteiger partial charge in [0.05, 0.1) is 15.9 Å². The van der Waals surface area contributed by atoms with Gasteiger partial charge >= 0.3 is 6.09 Å². The summed E-state index contributed by atoms with van der Waals surface area (Å²) in [6.45, 7) is 14.7. The van der Waals surface area contributed by atoms with Crippen molar-refractivity contribution in [2.24, 2.45) is 14.1 Å². The van der Waals surface area contributed by atoms with Crippen LogP contribution in [0.5, 0.6) is 0 Å². The van der Waals surface area contributed by atoms with Crippen molar-refractivity contribution in [2.75, 3.05) is 24.6 Å². The molecule has 0 N–H and O–H groups in total. The van der Waals surface area contributed by atoms with E-state index < -0.39 is 13.7 Å². The van der Waals surface area contributed by atoms with Gasteiger partial charge in [0.1, 0.15) is 12.3 Å². The van der Waals surface area contributed by atoms with Crippen molar-refractivity contribution in [2.45, 2.75) is 90.1 Å². The maximum atomic E-state index is 14.4. The summed E-state index contributed by atoms with van der Waals surface area (Å²) < 4.78 is 17.3. The van der Waals surface area contributed by atoms with E-state index >= 15 is 0 Å². The Morgan fingerprint density at radius 1 is 1.07 bits per heavy atom. The minimum absolute atomic E-state index is 0.0221. The molecule has 2 aliphatic heterocycles. The first-order chi connectivity index (χ1) is 21.6. The summed E-state index contributed by atoms with van der Waals surface area (Å²) in [6, 6.07) is 5.08. The molecule has 0 saturated carbocycles. The number of aryl methyl sites for hydroxylation is 1. The number of nitrogens with zero attached hydrogens (tertiary/aromatic N) is 7. The summed E-state index contributed by atoms with van der Waals surface area (Å²) in [7, 11) is 2.37. The highest BCUT2D eigenvalue weighted by molar-refractivity contribution is 6.76. The van der Waals surface area contributed by atoms with Gasteiger partial charge in [-0.25, -0.2) is 4.79 Å². The molecule has 0 radical (unpaired) electrons. The largest absolute Gasteiger partial charge is 0.444 e. The predicted octanol–water partition coefficient (Wildman–Crippen LogP) is 6.23. The van der Waals surface area contributed by atoms with Crippen LogP contribution in [0.1, 0.15) is 40.0 Å². The van der Waals surface area contributed by atoms with Crippen molar-refractivity contribution < 1.29 is 14.3 Å². The second-order valence-corrected chi connectivity index (χ2v) is 21.0. The number of hydrogen-bond acceptors (Lipinski definition) is 7. The average molecular weight is 668 g/mol. The highest BCUT2D eigenvalue weighted by Crippen LogP contribution is 2.39. The van der Waals surface area contributed by atoms with Gasteiger partial charge in [-0.05, 0) is 52.1 Å². The van der Waals surface area contributed by atoms with Crippen LogP contribution in [0.15, 0.2) is 29.3 Å². The van der Waals surface area contributed by atoms with E-state index in [1.54, 1.807) is 16.3 Å². The summed E-state index contributed by atoms with van der Waals surface area (Å²) >= 11 is 7.00. The molecule has 2 bridgehead atoms. The van der Waals surface area contributed by atoms with Gasteiger partial charge in [0.25, 0.3) is 5.56 Å². The number of carbonyl (C=O) groups is 1. The number of benzene rings is 1. The molecule has 5 heterocycles. The van der Waals surface area contributed by atoms with Crippen molar-refractivity contribution in [1.82, 2.24) is 28.8 Å². The number of ether oxygens (including phenoxy) is 2. The Morgan fingerprint density at radius 3 is 2.52 bits per heavy atom. The monoisotopic (exact) mass is 667 g/mol. The Morgan fingerprint density at radius 2 is 1.80 bits per heavy atom. The lowest BCUT2D eigenvalue weighted by atomic mass is 10.0. The van der Waals surface area contributed by atoms with Crippen LogP contribution in [0.3, 0.4) is 0 Å². The van der Waals surface area contributed by atoms with E-state index in [0.717, 1.165) is 41.8 Å². The fraction of sp³-hybridized carbons (Fsp3) is 0.576. The van der Waals surface area contributed by atoms with Gasteiger partial charge in [-0.2, -0.15) is 10.1 Å². The van der Waals surface area contributed by atoms with Crippen molar-refractivity contribution in [3.05, 3.63) is 39.9 Å². The average Bonchev–Trinajstić information content (AvgIpc) is 3.59. The molecule has 11 nitrogen and oxygen atoms in total. The van der Waals surface area contributed by atoms with E-state index in [-0.39, 0.29) is 30.5 Å². The second-order valence-electron chi connectivity index (χ2n) is 15.0. The van der Waals surface area contributed by atoms with Gasteiger partial charge in [-0.1, -0.05) is 37.3 Å². The number of carbonyl (C=O) groups excluding carboxylic acids is 1. The number of likely N-dealkylation sites (tertiary alicyclic amines) is 1. The molecule has 13 heteroatoms. The third-order valence-electron chi connectivity index (χ3n) is 9.00.